The number of anilines is 1. The molecule has 0 radical (unpaired) electrons. The number of ether oxygens (including phenoxy) is 3. The molecule has 1 saturated heterocycles. The first-order valence-electron chi connectivity index (χ1n) is 12.0. The summed E-state index contributed by atoms with van der Waals surface area (Å²) >= 11 is 0. The van der Waals surface area contributed by atoms with Crippen molar-refractivity contribution in [3.05, 3.63) is 48.2 Å². The second-order valence-corrected chi connectivity index (χ2v) is 8.56. The molecule has 0 spiro atoms. The number of hydrogen-bond acceptors (Lipinski definition) is 9. The predicted molar refractivity (Wildman–Crippen MR) is 137 cm³/mol. The lowest BCUT2D eigenvalue weighted by molar-refractivity contribution is -0.139. The largest absolute Gasteiger partial charge is 0.496 e. The molecule has 2 aromatic rings. The highest BCUT2D eigenvalue weighted by Crippen LogP contribution is 2.28. The van der Waals surface area contributed by atoms with Crippen LogP contribution in [0.4, 0.5) is 10.6 Å². The number of carbonyl (C=O) groups is 4. The monoisotopic (exact) mass is 545 g/mol. The van der Waals surface area contributed by atoms with Crippen molar-refractivity contribution in [1.29, 1.82) is 0 Å². The highest BCUT2D eigenvalue weighted by atomic mass is 16.5. The summed E-state index contributed by atoms with van der Waals surface area (Å²) in [6, 6.07) is 8.16. The number of aliphatic carboxylic acids is 1. The molecule has 210 valence electrons. The zero-order valence-electron chi connectivity index (χ0n) is 21.5. The lowest BCUT2D eigenvalue weighted by Gasteiger charge is -2.21. The first-order chi connectivity index (χ1) is 18.7. The van der Waals surface area contributed by atoms with E-state index >= 15 is 0 Å². The van der Waals surface area contributed by atoms with E-state index in [2.05, 4.69) is 20.9 Å². The average Bonchev–Trinajstić information content (AvgIpc) is 3.36. The molecule has 14 nitrogen and oxygen atoms in total. The summed E-state index contributed by atoms with van der Waals surface area (Å²) in [5.74, 6) is -1.76. The van der Waals surface area contributed by atoms with Crippen molar-refractivity contribution in [3.8, 4) is 11.5 Å². The van der Waals surface area contributed by atoms with Crippen LogP contribution in [0.2, 0.25) is 0 Å². The first-order valence-corrected chi connectivity index (χ1v) is 12.0. The molecule has 1 aromatic carbocycles. The molecule has 1 fully saturated rings. The molecule has 14 heteroatoms. The van der Waals surface area contributed by atoms with E-state index in [9.17, 15) is 29.4 Å². The number of methoxy groups -OCH3 is 2. The number of benzene rings is 1. The number of rotatable bonds is 13. The fourth-order valence-corrected chi connectivity index (χ4v) is 4.08. The Morgan fingerprint density at radius 2 is 1.79 bits per heavy atom. The van der Waals surface area contributed by atoms with E-state index in [1.54, 1.807) is 30.5 Å². The third-order valence-electron chi connectivity index (χ3n) is 6.02. The fourth-order valence-electron chi connectivity index (χ4n) is 4.08. The van der Waals surface area contributed by atoms with Gasteiger partial charge in [-0.1, -0.05) is 12.1 Å². The average molecular weight is 546 g/mol. The molecule has 39 heavy (non-hydrogen) atoms. The second-order valence-electron chi connectivity index (χ2n) is 8.56. The van der Waals surface area contributed by atoms with Gasteiger partial charge in [0.25, 0.3) is 5.91 Å². The van der Waals surface area contributed by atoms with E-state index < -0.39 is 55.2 Å². The number of nitrogens with zero attached hydrogens (tertiary/aromatic N) is 2. The Morgan fingerprint density at radius 3 is 2.38 bits per heavy atom. The van der Waals surface area contributed by atoms with Crippen molar-refractivity contribution in [2.24, 2.45) is 0 Å². The van der Waals surface area contributed by atoms with Crippen LogP contribution in [0, 0.1) is 0 Å². The Bertz CT molecular complexity index is 1140. The molecule has 0 bridgehead atoms. The molecular weight excluding hydrogens is 514 g/mol. The van der Waals surface area contributed by atoms with Gasteiger partial charge in [0, 0.05) is 19.3 Å². The van der Waals surface area contributed by atoms with E-state index in [4.69, 9.17) is 14.2 Å². The summed E-state index contributed by atoms with van der Waals surface area (Å²) in [6.07, 6.45) is 0.334. The number of pyridine rings is 1. The van der Waals surface area contributed by atoms with Gasteiger partial charge in [0.2, 0.25) is 5.91 Å². The van der Waals surface area contributed by atoms with Crippen LogP contribution in [-0.2, 0) is 14.3 Å². The number of carboxylic acid groups (broad SMARTS) is 2. The van der Waals surface area contributed by atoms with E-state index in [0.717, 1.165) is 0 Å². The summed E-state index contributed by atoms with van der Waals surface area (Å²) in [5, 5.41) is 26.9. The second kappa shape index (κ2) is 13.8. The minimum atomic E-state index is -1.45. The van der Waals surface area contributed by atoms with Crippen LogP contribution in [0.1, 0.15) is 16.8 Å². The third kappa shape index (κ3) is 7.95. The lowest BCUT2D eigenvalue weighted by Crippen LogP contribution is -2.49. The molecule has 1 aliphatic heterocycles. The van der Waals surface area contributed by atoms with Crippen molar-refractivity contribution in [1.82, 2.24) is 20.5 Å². The Balaban J connectivity index is 1.50. The Labute approximate surface area is 224 Å². The molecule has 5 N–H and O–H groups in total. The number of carbonyl (C=O) groups excluding carboxylic acids is 2. The van der Waals surface area contributed by atoms with Gasteiger partial charge < -0.3 is 45.3 Å². The highest BCUT2D eigenvalue weighted by Gasteiger charge is 2.36. The van der Waals surface area contributed by atoms with Gasteiger partial charge in [-0.05, 0) is 30.7 Å². The summed E-state index contributed by atoms with van der Waals surface area (Å²) in [6.45, 7) is -0.444. The minimum absolute atomic E-state index is 0.0136. The summed E-state index contributed by atoms with van der Waals surface area (Å²) in [7, 11) is 2.72. The van der Waals surface area contributed by atoms with Gasteiger partial charge >= 0.3 is 12.1 Å². The molecular formula is C25H31N5O9. The topological polar surface area (TPSA) is 189 Å². The molecule has 3 unspecified atom stereocenters. The van der Waals surface area contributed by atoms with E-state index in [1.165, 1.54) is 31.3 Å². The van der Waals surface area contributed by atoms with Gasteiger partial charge in [-0.2, -0.15) is 0 Å². The number of likely N-dealkylation sites (tertiary alicyclic amines) is 1. The summed E-state index contributed by atoms with van der Waals surface area (Å²) in [4.78, 5) is 53.9. The Kier molecular flexibility index (Phi) is 10.3. The van der Waals surface area contributed by atoms with Crippen molar-refractivity contribution >= 4 is 29.7 Å². The number of amides is 3. The Hall–Kier alpha value is -4.59. The van der Waals surface area contributed by atoms with Crippen molar-refractivity contribution in [2.75, 3.05) is 45.8 Å². The molecule has 0 saturated carbocycles. The molecule has 0 aliphatic carbocycles. The smallest absolute Gasteiger partial charge is 0.407 e. The number of carboxylic acids is 1. The van der Waals surface area contributed by atoms with Gasteiger partial charge in [0.15, 0.2) is 0 Å². The number of aromatic nitrogens is 1. The fraction of sp³-hybridized carbons (Fsp3) is 0.400. The van der Waals surface area contributed by atoms with E-state index in [-0.39, 0.29) is 23.6 Å². The molecule has 3 atom stereocenters. The molecule has 2 heterocycles. The SMILES string of the molecule is COc1cccc(OC)c1C(=O)NC(CNC(=O)COC1CC(CNc2ccccn2)N(C(=O)O)C1)C(=O)O. The van der Waals surface area contributed by atoms with Crippen LogP contribution in [0.3, 0.4) is 0 Å². The highest BCUT2D eigenvalue weighted by molar-refractivity contribution is 6.01. The Morgan fingerprint density at radius 1 is 1.08 bits per heavy atom. The third-order valence-corrected chi connectivity index (χ3v) is 6.02. The van der Waals surface area contributed by atoms with Gasteiger partial charge in [-0.25, -0.2) is 14.6 Å². The zero-order valence-corrected chi connectivity index (χ0v) is 21.5. The van der Waals surface area contributed by atoms with Crippen LogP contribution in [0.5, 0.6) is 11.5 Å². The molecule has 1 aromatic heterocycles. The number of hydrogen-bond donors (Lipinski definition) is 5. The van der Waals surface area contributed by atoms with Crippen LogP contribution >= 0.6 is 0 Å². The quantitative estimate of drug-likeness (QED) is 0.238. The maximum absolute atomic E-state index is 12.8. The standard InChI is InChI=1S/C25H31N5O9/c1-37-18-6-5-7-19(38-2)22(18)23(32)29-17(24(33)34)12-28-21(31)14-39-16-10-15(30(13-16)25(35)36)11-27-20-8-3-4-9-26-20/h3-9,15-17H,10-14H2,1-2H3,(H,26,27)(H,28,31)(H,29,32)(H,33,34)(H,35,36). The van der Waals surface area contributed by atoms with Crippen molar-refractivity contribution in [3.63, 3.8) is 0 Å². The maximum Gasteiger partial charge on any atom is 0.407 e. The molecule has 3 rings (SSSR count). The molecule has 1 aliphatic rings. The minimum Gasteiger partial charge on any atom is -0.496 e. The van der Waals surface area contributed by atoms with Crippen molar-refractivity contribution in [2.45, 2.75) is 24.6 Å². The van der Waals surface area contributed by atoms with Crippen molar-refractivity contribution < 1.29 is 43.6 Å². The van der Waals surface area contributed by atoms with Crippen LogP contribution in [0.15, 0.2) is 42.6 Å². The number of nitrogens with one attached hydrogen (secondary N) is 3. The first kappa shape index (κ1) is 29.0. The van der Waals surface area contributed by atoms with Crippen LogP contribution in [-0.4, -0.2) is 103 Å². The van der Waals surface area contributed by atoms with Gasteiger partial charge in [0.1, 0.15) is 35.5 Å². The predicted octanol–water partition coefficient (Wildman–Crippen LogP) is 0.648. The van der Waals surface area contributed by atoms with Gasteiger partial charge in [0.05, 0.1) is 32.9 Å². The summed E-state index contributed by atoms with van der Waals surface area (Å²) < 4.78 is 16.0. The van der Waals surface area contributed by atoms with Gasteiger partial charge in [-0.3, -0.25) is 9.59 Å². The van der Waals surface area contributed by atoms with Gasteiger partial charge in [-0.15, -0.1) is 0 Å². The maximum atomic E-state index is 12.8. The molecule has 3 amide bonds. The van der Waals surface area contributed by atoms with Crippen LogP contribution in [0.25, 0.3) is 0 Å². The van der Waals surface area contributed by atoms with E-state index in [0.29, 0.717) is 18.8 Å². The lowest BCUT2D eigenvalue weighted by atomic mass is 10.1. The van der Waals surface area contributed by atoms with E-state index in [1.807, 2.05) is 0 Å². The summed E-state index contributed by atoms with van der Waals surface area (Å²) in [5.41, 5.74) is 0.0136. The van der Waals surface area contributed by atoms with Crippen LogP contribution < -0.4 is 25.4 Å². The zero-order chi connectivity index (χ0) is 28.4. The normalized spacial score (nSPS) is 17.1.